The first-order valence-corrected chi connectivity index (χ1v) is 25.1. The number of hydrogen-bond donors (Lipinski definition) is 3. The molecular formula is C51H97NO5. The van der Waals surface area contributed by atoms with Crippen LogP contribution in [-0.2, 0) is 14.3 Å². The molecule has 3 N–H and O–H groups in total. The second-order valence-corrected chi connectivity index (χ2v) is 17.2. The zero-order chi connectivity index (χ0) is 41.7. The molecule has 1 amide bonds. The van der Waals surface area contributed by atoms with E-state index in [-0.39, 0.29) is 24.9 Å². The van der Waals surface area contributed by atoms with Crippen molar-refractivity contribution in [1.82, 2.24) is 5.32 Å². The van der Waals surface area contributed by atoms with Crippen LogP contribution in [0.2, 0.25) is 0 Å². The zero-order valence-electron chi connectivity index (χ0n) is 38.2. The van der Waals surface area contributed by atoms with E-state index in [1.165, 1.54) is 154 Å². The van der Waals surface area contributed by atoms with Crippen LogP contribution in [0.4, 0.5) is 0 Å². The molecule has 0 aliphatic rings. The molecule has 0 radical (unpaired) electrons. The van der Waals surface area contributed by atoms with Crippen LogP contribution in [-0.4, -0.2) is 46.9 Å². The van der Waals surface area contributed by atoms with Crippen LogP contribution in [0.25, 0.3) is 0 Å². The minimum atomic E-state index is -0.791. The lowest BCUT2D eigenvalue weighted by molar-refractivity contribution is -0.151. The summed E-state index contributed by atoms with van der Waals surface area (Å²) in [6, 6.07) is -0.706. The van der Waals surface area contributed by atoms with Crippen molar-refractivity contribution < 1.29 is 24.5 Å². The molecule has 0 saturated heterocycles. The second kappa shape index (κ2) is 45.4. The van der Waals surface area contributed by atoms with Crippen molar-refractivity contribution in [1.29, 1.82) is 0 Å². The van der Waals surface area contributed by atoms with Gasteiger partial charge in [-0.25, -0.2) is 0 Å². The van der Waals surface area contributed by atoms with E-state index in [2.05, 4.69) is 50.4 Å². The van der Waals surface area contributed by atoms with Gasteiger partial charge in [0, 0.05) is 6.42 Å². The molecule has 0 aromatic carbocycles. The number of ether oxygens (including phenoxy) is 1. The first-order valence-electron chi connectivity index (χ1n) is 25.1. The van der Waals surface area contributed by atoms with Crippen LogP contribution < -0.4 is 5.32 Å². The molecule has 6 nitrogen and oxygen atoms in total. The number of esters is 1. The van der Waals surface area contributed by atoms with Gasteiger partial charge in [-0.2, -0.15) is 0 Å². The number of amides is 1. The summed E-state index contributed by atoms with van der Waals surface area (Å²) in [6.07, 6.45) is 51.0. The number of carbonyl (C=O) groups is 2. The molecule has 6 heteroatoms. The number of carbonyl (C=O) groups excluding carboxylic acids is 2. The number of aliphatic hydroxyl groups is 2. The second-order valence-electron chi connectivity index (χ2n) is 17.2. The van der Waals surface area contributed by atoms with E-state index in [1.807, 2.05) is 0 Å². The highest BCUT2D eigenvalue weighted by atomic mass is 16.5. The lowest BCUT2D eigenvalue weighted by Gasteiger charge is -2.24. The molecule has 0 fully saturated rings. The highest BCUT2D eigenvalue weighted by Crippen LogP contribution is 2.17. The summed E-state index contributed by atoms with van der Waals surface area (Å²) in [5, 5.41) is 23.7. The third-order valence-corrected chi connectivity index (χ3v) is 11.5. The van der Waals surface area contributed by atoms with Gasteiger partial charge in [-0.15, -0.1) is 0 Å². The van der Waals surface area contributed by atoms with Crippen molar-refractivity contribution in [2.24, 2.45) is 0 Å². The van der Waals surface area contributed by atoms with Crippen molar-refractivity contribution in [3.8, 4) is 0 Å². The topological polar surface area (TPSA) is 95.9 Å². The number of nitrogens with one attached hydrogen (secondary N) is 1. The van der Waals surface area contributed by atoms with Crippen LogP contribution >= 0.6 is 0 Å². The lowest BCUT2D eigenvalue weighted by atomic mass is 10.0. The highest BCUT2D eigenvalue weighted by Gasteiger charge is 2.24. The van der Waals surface area contributed by atoms with E-state index in [4.69, 9.17) is 4.74 Å². The molecule has 0 aliphatic carbocycles. The first-order chi connectivity index (χ1) is 28.0. The molecular weight excluding hydrogens is 707 g/mol. The van der Waals surface area contributed by atoms with Gasteiger partial charge in [0.25, 0.3) is 0 Å². The highest BCUT2D eigenvalue weighted by molar-refractivity contribution is 5.77. The van der Waals surface area contributed by atoms with Gasteiger partial charge in [0.15, 0.2) is 0 Å². The molecule has 3 atom stereocenters. The molecule has 336 valence electrons. The van der Waals surface area contributed by atoms with Crippen LogP contribution in [0.3, 0.4) is 0 Å². The van der Waals surface area contributed by atoms with Crippen molar-refractivity contribution in [3.63, 3.8) is 0 Å². The third kappa shape index (κ3) is 40.9. The van der Waals surface area contributed by atoms with Gasteiger partial charge in [0.2, 0.25) is 5.91 Å². The molecule has 3 unspecified atom stereocenters. The van der Waals surface area contributed by atoms with Crippen LogP contribution in [0, 0.1) is 0 Å². The summed E-state index contributed by atoms with van der Waals surface area (Å²) >= 11 is 0. The minimum absolute atomic E-state index is 0.0569. The fourth-order valence-corrected chi connectivity index (χ4v) is 7.66. The van der Waals surface area contributed by atoms with Crippen LogP contribution in [0.1, 0.15) is 265 Å². The van der Waals surface area contributed by atoms with E-state index < -0.39 is 18.2 Å². The Balaban J connectivity index is 4.56. The Hall–Kier alpha value is -1.66. The third-order valence-electron chi connectivity index (χ3n) is 11.5. The summed E-state index contributed by atoms with van der Waals surface area (Å²) in [7, 11) is 0. The van der Waals surface area contributed by atoms with Gasteiger partial charge in [-0.05, 0) is 70.6 Å². The molecule has 0 aromatic rings. The Morgan fingerprint density at radius 1 is 0.491 bits per heavy atom. The number of allylic oxidation sites excluding steroid dienone is 4. The summed E-state index contributed by atoms with van der Waals surface area (Å²) < 4.78 is 5.90. The minimum Gasteiger partial charge on any atom is -0.462 e. The normalized spacial score (nSPS) is 13.4. The Bertz CT molecular complexity index is 904. The quantitative estimate of drug-likeness (QED) is 0.0324. The zero-order valence-corrected chi connectivity index (χ0v) is 38.2. The maximum atomic E-state index is 13.1. The number of unbranched alkanes of at least 4 members (excludes halogenated alkanes) is 29. The van der Waals surface area contributed by atoms with Crippen molar-refractivity contribution in [3.05, 3.63) is 24.3 Å². The van der Waals surface area contributed by atoms with E-state index in [0.29, 0.717) is 19.3 Å². The maximum absolute atomic E-state index is 13.1. The maximum Gasteiger partial charge on any atom is 0.306 e. The van der Waals surface area contributed by atoms with Gasteiger partial charge in [-0.3, -0.25) is 9.59 Å². The van der Waals surface area contributed by atoms with E-state index in [1.54, 1.807) is 0 Å². The SMILES string of the molecule is CCCCCCCC/C=C\CCCC(CC(=O)NC(CO)C(O)CCCCCCCCCCCCC)OC(=O)CCCCCCC/C=C/CCCCCCCCC. The van der Waals surface area contributed by atoms with Crippen molar-refractivity contribution in [2.45, 2.75) is 283 Å². The first kappa shape index (κ1) is 55.3. The standard InChI is InChI=1S/C51H97NO5/c1-4-7-10-13-16-19-22-23-24-25-26-29-32-35-38-41-44-51(56)57-47(42-39-36-33-30-27-20-17-14-11-8-5-2)45-50(55)52-48(46-53)49(54)43-40-37-34-31-28-21-18-15-12-9-6-3/h24-25,30,33,47-49,53-54H,4-23,26-29,31-32,34-46H2,1-3H3,(H,52,55)/b25-24+,33-30-. The van der Waals surface area contributed by atoms with Crippen LogP contribution in [0.15, 0.2) is 24.3 Å². The molecule has 57 heavy (non-hydrogen) atoms. The number of rotatable bonds is 45. The number of hydrogen-bond acceptors (Lipinski definition) is 5. The molecule has 0 rings (SSSR count). The summed E-state index contributed by atoms with van der Waals surface area (Å²) in [5.41, 5.74) is 0. The van der Waals surface area contributed by atoms with E-state index >= 15 is 0 Å². The summed E-state index contributed by atoms with van der Waals surface area (Å²) in [4.78, 5) is 26.0. The predicted octanol–water partition coefficient (Wildman–Crippen LogP) is 14.7. The van der Waals surface area contributed by atoms with Crippen molar-refractivity contribution >= 4 is 11.9 Å². The van der Waals surface area contributed by atoms with Gasteiger partial charge in [0.1, 0.15) is 6.10 Å². The van der Waals surface area contributed by atoms with Gasteiger partial charge >= 0.3 is 5.97 Å². The molecule has 0 spiro atoms. The van der Waals surface area contributed by atoms with Gasteiger partial charge < -0.3 is 20.3 Å². The lowest BCUT2D eigenvalue weighted by Crippen LogP contribution is -2.46. The fraction of sp³-hybridized carbons (Fsp3) is 0.882. The number of aliphatic hydroxyl groups excluding tert-OH is 2. The Kier molecular flexibility index (Phi) is 44.1. The molecule has 0 bridgehead atoms. The Morgan fingerprint density at radius 2 is 0.860 bits per heavy atom. The van der Waals surface area contributed by atoms with Gasteiger partial charge in [-0.1, -0.05) is 206 Å². The molecule has 0 aliphatic heterocycles. The van der Waals surface area contributed by atoms with Gasteiger partial charge in [0.05, 0.1) is 25.2 Å². The monoisotopic (exact) mass is 804 g/mol. The molecule has 0 saturated carbocycles. The summed E-state index contributed by atoms with van der Waals surface area (Å²) in [5.74, 6) is -0.505. The average molecular weight is 804 g/mol. The molecule has 0 heterocycles. The van der Waals surface area contributed by atoms with E-state index in [9.17, 15) is 19.8 Å². The Labute approximate surface area is 354 Å². The van der Waals surface area contributed by atoms with Crippen molar-refractivity contribution in [2.75, 3.05) is 6.61 Å². The van der Waals surface area contributed by atoms with E-state index in [0.717, 1.165) is 64.2 Å². The molecule has 0 aromatic heterocycles. The average Bonchev–Trinajstić information content (AvgIpc) is 3.20. The largest absolute Gasteiger partial charge is 0.462 e. The summed E-state index contributed by atoms with van der Waals surface area (Å²) in [6.45, 7) is 6.46. The fourth-order valence-electron chi connectivity index (χ4n) is 7.66. The van der Waals surface area contributed by atoms with Crippen LogP contribution in [0.5, 0.6) is 0 Å². The smallest absolute Gasteiger partial charge is 0.306 e. The Morgan fingerprint density at radius 3 is 1.28 bits per heavy atom. The predicted molar refractivity (Wildman–Crippen MR) is 246 cm³/mol.